The summed E-state index contributed by atoms with van der Waals surface area (Å²) in [6, 6.07) is 13.8. The van der Waals surface area contributed by atoms with Gasteiger partial charge in [-0.25, -0.2) is 4.68 Å². The number of hydrogen-bond acceptors (Lipinski definition) is 4. The first-order valence-electron chi connectivity index (χ1n) is 6.67. The van der Waals surface area contributed by atoms with Gasteiger partial charge < -0.3 is 5.73 Å². The number of pyridine rings is 1. The number of hydrogen-bond donors (Lipinski definition) is 1. The Kier molecular flexibility index (Phi) is 3.89. The highest BCUT2D eigenvalue weighted by Crippen LogP contribution is 2.21. The minimum Gasteiger partial charge on any atom is -0.329 e. The molecular formula is C15H15N5S. The first-order chi connectivity index (χ1) is 10.3. The van der Waals surface area contributed by atoms with E-state index in [0.717, 1.165) is 17.1 Å². The van der Waals surface area contributed by atoms with Gasteiger partial charge in [-0.1, -0.05) is 18.2 Å². The fourth-order valence-corrected chi connectivity index (χ4v) is 2.49. The van der Waals surface area contributed by atoms with Crippen LogP contribution in [0.25, 0.3) is 17.1 Å². The lowest BCUT2D eigenvalue weighted by Gasteiger charge is -2.06. The minimum atomic E-state index is 0.493. The van der Waals surface area contributed by atoms with E-state index in [4.69, 9.17) is 18.0 Å². The predicted octanol–water partition coefficient (Wildman–Crippen LogP) is 2.42. The molecule has 0 aliphatic carbocycles. The Labute approximate surface area is 127 Å². The van der Waals surface area contributed by atoms with Gasteiger partial charge in [0.05, 0.1) is 6.54 Å². The van der Waals surface area contributed by atoms with Gasteiger partial charge in [0, 0.05) is 30.2 Å². The molecule has 0 saturated heterocycles. The van der Waals surface area contributed by atoms with Crippen molar-refractivity contribution in [2.24, 2.45) is 5.73 Å². The van der Waals surface area contributed by atoms with Gasteiger partial charge in [-0.05, 0) is 36.5 Å². The molecule has 0 saturated carbocycles. The lowest BCUT2D eigenvalue weighted by molar-refractivity contribution is 0.614. The van der Waals surface area contributed by atoms with E-state index in [-0.39, 0.29) is 0 Å². The Hall–Kier alpha value is -2.31. The van der Waals surface area contributed by atoms with E-state index in [0.29, 0.717) is 17.9 Å². The molecule has 0 amide bonds. The van der Waals surface area contributed by atoms with Gasteiger partial charge in [0.1, 0.15) is 0 Å². The van der Waals surface area contributed by atoms with Gasteiger partial charge in [0.15, 0.2) is 5.82 Å². The first-order valence-corrected chi connectivity index (χ1v) is 7.08. The summed E-state index contributed by atoms with van der Waals surface area (Å²) in [4.78, 5) is 4.16. The molecule has 5 nitrogen and oxygen atoms in total. The van der Waals surface area contributed by atoms with E-state index < -0.39 is 0 Å². The maximum atomic E-state index is 5.64. The van der Waals surface area contributed by atoms with E-state index in [1.165, 1.54) is 0 Å². The molecule has 3 rings (SSSR count). The number of aromatic nitrogens is 4. The number of nitrogens with zero attached hydrogens (tertiary/aromatic N) is 4. The van der Waals surface area contributed by atoms with E-state index in [9.17, 15) is 0 Å². The lowest BCUT2D eigenvalue weighted by Crippen LogP contribution is -2.11. The summed E-state index contributed by atoms with van der Waals surface area (Å²) in [5.41, 5.74) is 7.53. The van der Waals surface area contributed by atoms with Crippen molar-refractivity contribution in [1.82, 2.24) is 19.3 Å². The van der Waals surface area contributed by atoms with Crippen LogP contribution in [-0.4, -0.2) is 25.9 Å². The molecule has 0 unspecified atom stereocenters. The first kappa shape index (κ1) is 13.7. The number of para-hydroxylation sites is 1. The third-order valence-electron chi connectivity index (χ3n) is 3.11. The van der Waals surface area contributed by atoms with Gasteiger partial charge in [-0.15, -0.1) is 0 Å². The molecule has 2 heterocycles. The summed E-state index contributed by atoms with van der Waals surface area (Å²) in [6.07, 6.45) is 3.52. The molecule has 21 heavy (non-hydrogen) atoms. The van der Waals surface area contributed by atoms with E-state index in [1.54, 1.807) is 17.1 Å². The van der Waals surface area contributed by atoms with Crippen molar-refractivity contribution in [2.75, 3.05) is 6.54 Å². The Morgan fingerprint density at radius 2 is 1.90 bits per heavy atom. The molecular weight excluding hydrogens is 282 g/mol. The van der Waals surface area contributed by atoms with Crippen LogP contribution in [0.1, 0.15) is 0 Å². The highest BCUT2D eigenvalue weighted by molar-refractivity contribution is 7.71. The molecule has 0 aliphatic rings. The topological polar surface area (TPSA) is 61.7 Å². The van der Waals surface area contributed by atoms with Crippen LogP contribution < -0.4 is 5.73 Å². The second-order valence-corrected chi connectivity index (χ2v) is 4.90. The van der Waals surface area contributed by atoms with Gasteiger partial charge in [-0.3, -0.25) is 9.55 Å². The van der Waals surface area contributed by atoms with Crippen LogP contribution in [0, 0.1) is 4.77 Å². The second-order valence-electron chi connectivity index (χ2n) is 4.53. The molecule has 0 spiro atoms. The Bertz CT molecular complexity index is 777. The van der Waals surface area contributed by atoms with Crippen LogP contribution in [0.2, 0.25) is 0 Å². The molecule has 0 bridgehead atoms. The van der Waals surface area contributed by atoms with Crippen LogP contribution in [0.4, 0.5) is 0 Å². The quantitative estimate of drug-likeness (QED) is 0.751. The van der Waals surface area contributed by atoms with Crippen LogP contribution in [-0.2, 0) is 6.54 Å². The van der Waals surface area contributed by atoms with Crippen LogP contribution >= 0.6 is 12.2 Å². The summed E-state index contributed by atoms with van der Waals surface area (Å²) in [7, 11) is 0. The third-order valence-corrected chi connectivity index (χ3v) is 3.51. The van der Waals surface area contributed by atoms with Gasteiger partial charge in [-0.2, -0.15) is 5.10 Å². The SMILES string of the molecule is NCCn1nc(-c2cccnc2)n(-c2ccccc2)c1=S. The van der Waals surface area contributed by atoms with Gasteiger partial charge >= 0.3 is 0 Å². The summed E-state index contributed by atoms with van der Waals surface area (Å²) in [5, 5.41) is 4.60. The van der Waals surface area contributed by atoms with E-state index in [1.807, 2.05) is 47.0 Å². The van der Waals surface area contributed by atoms with Crippen molar-refractivity contribution in [3.63, 3.8) is 0 Å². The average Bonchev–Trinajstić information content (AvgIpc) is 2.86. The molecule has 1 aromatic carbocycles. The molecule has 3 aromatic rings. The molecule has 0 radical (unpaired) electrons. The summed E-state index contributed by atoms with van der Waals surface area (Å²) >= 11 is 5.55. The highest BCUT2D eigenvalue weighted by Gasteiger charge is 2.13. The number of benzene rings is 1. The third kappa shape index (κ3) is 2.63. The maximum absolute atomic E-state index is 5.64. The molecule has 106 valence electrons. The standard InChI is InChI=1S/C15H15N5S/c16-8-10-19-15(21)20(13-6-2-1-3-7-13)14(18-19)12-5-4-9-17-11-12/h1-7,9,11H,8,10,16H2. The highest BCUT2D eigenvalue weighted by atomic mass is 32.1. The minimum absolute atomic E-state index is 0.493. The van der Waals surface area contributed by atoms with E-state index in [2.05, 4.69) is 10.1 Å². The number of nitrogens with two attached hydrogens (primary N) is 1. The van der Waals surface area contributed by atoms with Gasteiger partial charge in [0.2, 0.25) is 4.77 Å². The van der Waals surface area contributed by atoms with Crippen molar-refractivity contribution in [3.05, 3.63) is 59.6 Å². The fraction of sp³-hybridized carbons (Fsp3) is 0.133. The average molecular weight is 297 g/mol. The molecule has 0 aliphatic heterocycles. The van der Waals surface area contributed by atoms with Crippen molar-refractivity contribution >= 4 is 12.2 Å². The Morgan fingerprint density at radius 3 is 2.57 bits per heavy atom. The van der Waals surface area contributed by atoms with Gasteiger partial charge in [0.25, 0.3) is 0 Å². The van der Waals surface area contributed by atoms with E-state index >= 15 is 0 Å². The number of rotatable bonds is 4. The molecule has 0 atom stereocenters. The van der Waals surface area contributed by atoms with Crippen molar-refractivity contribution in [3.8, 4) is 17.1 Å². The lowest BCUT2D eigenvalue weighted by atomic mass is 10.2. The summed E-state index contributed by atoms with van der Waals surface area (Å²) in [5.74, 6) is 0.771. The zero-order valence-corrected chi connectivity index (χ0v) is 12.2. The Morgan fingerprint density at radius 1 is 1.10 bits per heavy atom. The smallest absolute Gasteiger partial charge is 0.202 e. The monoisotopic (exact) mass is 297 g/mol. The zero-order chi connectivity index (χ0) is 14.7. The van der Waals surface area contributed by atoms with Crippen molar-refractivity contribution < 1.29 is 0 Å². The zero-order valence-electron chi connectivity index (χ0n) is 11.4. The molecule has 2 N–H and O–H groups in total. The molecule has 0 fully saturated rings. The van der Waals surface area contributed by atoms with Crippen LogP contribution in [0.3, 0.4) is 0 Å². The fourth-order valence-electron chi connectivity index (χ4n) is 2.17. The van der Waals surface area contributed by atoms with Crippen molar-refractivity contribution in [2.45, 2.75) is 6.54 Å². The second kappa shape index (κ2) is 5.99. The van der Waals surface area contributed by atoms with Crippen LogP contribution in [0.15, 0.2) is 54.9 Å². The predicted molar refractivity (Wildman–Crippen MR) is 84.7 cm³/mol. The van der Waals surface area contributed by atoms with Crippen molar-refractivity contribution in [1.29, 1.82) is 0 Å². The Balaban J connectivity index is 2.24. The summed E-state index contributed by atoms with van der Waals surface area (Å²) < 4.78 is 4.33. The van der Waals surface area contributed by atoms with Crippen LogP contribution in [0.5, 0.6) is 0 Å². The summed E-state index contributed by atoms with van der Waals surface area (Å²) in [6.45, 7) is 1.08. The normalized spacial score (nSPS) is 10.7. The molecule has 2 aromatic heterocycles. The maximum Gasteiger partial charge on any atom is 0.202 e. The largest absolute Gasteiger partial charge is 0.329 e. The molecule has 6 heteroatoms.